The number of aromatic amines is 1. The van der Waals surface area contributed by atoms with E-state index in [0.717, 1.165) is 11.0 Å². The highest BCUT2D eigenvalue weighted by Gasteiger charge is 2.20. The molecule has 2 N–H and O–H groups in total. The summed E-state index contributed by atoms with van der Waals surface area (Å²) >= 11 is 0. The number of nitrogens with zero attached hydrogens (tertiary/aromatic N) is 1. The number of rotatable bonds is 3. The van der Waals surface area contributed by atoms with Gasteiger partial charge in [-0.25, -0.2) is 4.98 Å². The van der Waals surface area contributed by atoms with Gasteiger partial charge < -0.3 is 10.1 Å². The number of aromatic nitrogens is 2. The van der Waals surface area contributed by atoms with Gasteiger partial charge in [0.1, 0.15) is 0 Å². The first-order valence-corrected chi connectivity index (χ1v) is 6.33. The summed E-state index contributed by atoms with van der Waals surface area (Å²) in [4.78, 5) is 7.23. The lowest BCUT2D eigenvalue weighted by Gasteiger charge is -2.14. The second-order valence-electron chi connectivity index (χ2n) is 4.36. The summed E-state index contributed by atoms with van der Waals surface area (Å²) in [6, 6.07) is 7.51. The molecule has 0 aliphatic heterocycles. The molecule has 4 nitrogen and oxygen atoms in total. The SMILES string of the molecule is CC(C)(O)CS(=O)c1nc2ccccc2[nH]1. The van der Waals surface area contributed by atoms with Crippen molar-refractivity contribution in [3.8, 4) is 0 Å². The fourth-order valence-electron chi connectivity index (χ4n) is 1.43. The maximum atomic E-state index is 11.9. The normalized spacial score (nSPS) is 14.2. The summed E-state index contributed by atoms with van der Waals surface area (Å²) in [5, 5.41) is 10.0. The third-order valence-corrected chi connectivity index (χ3v) is 3.66. The van der Waals surface area contributed by atoms with Gasteiger partial charge in [-0.2, -0.15) is 0 Å². The molecule has 1 heterocycles. The summed E-state index contributed by atoms with van der Waals surface area (Å²) in [5.74, 6) is 0.173. The summed E-state index contributed by atoms with van der Waals surface area (Å²) in [6.07, 6.45) is 0. The first kappa shape index (κ1) is 11.3. The number of aliphatic hydroxyl groups is 1. The number of hydrogen-bond acceptors (Lipinski definition) is 3. The van der Waals surface area contributed by atoms with E-state index in [-0.39, 0.29) is 5.75 Å². The molecule has 1 aromatic carbocycles. The Bertz CT molecular complexity index is 495. The fraction of sp³-hybridized carbons (Fsp3) is 0.364. The molecule has 1 aromatic heterocycles. The van der Waals surface area contributed by atoms with E-state index >= 15 is 0 Å². The zero-order chi connectivity index (χ0) is 11.8. The summed E-state index contributed by atoms with van der Waals surface area (Å²) in [6.45, 7) is 3.26. The van der Waals surface area contributed by atoms with Crippen molar-refractivity contribution >= 4 is 21.8 Å². The Kier molecular flexibility index (Phi) is 2.82. The molecule has 0 aliphatic rings. The van der Waals surface area contributed by atoms with Crippen molar-refractivity contribution in [1.29, 1.82) is 0 Å². The predicted molar refractivity (Wildman–Crippen MR) is 63.7 cm³/mol. The van der Waals surface area contributed by atoms with Gasteiger partial charge in [-0.3, -0.25) is 4.21 Å². The van der Waals surface area contributed by atoms with Crippen molar-refractivity contribution in [1.82, 2.24) is 9.97 Å². The van der Waals surface area contributed by atoms with Crippen LogP contribution in [-0.4, -0.2) is 30.6 Å². The third-order valence-electron chi connectivity index (χ3n) is 2.07. The molecular formula is C11H14N2O2S. The number of nitrogens with one attached hydrogen (secondary N) is 1. The van der Waals surface area contributed by atoms with Crippen LogP contribution < -0.4 is 0 Å². The zero-order valence-corrected chi connectivity index (χ0v) is 10.0. The van der Waals surface area contributed by atoms with Crippen LogP contribution in [0.4, 0.5) is 0 Å². The molecular weight excluding hydrogens is 224 g/mol. The molecule has 0 aliphatic carbocycles. The number of imidazole rings is 1. The Morgan fingerprint density at radius 2 is 2.12 bits per heavy atom. The molecule has 2 rings (SSSR count). The first-order valence-electron chi connectivity index (χ1n) is 5.01. The maximum absolute atomic E-state index is 11.9. The zero-order valence-electron chi connectivity index (χ0n) is 9.23. The Morgan fingerprint density at radius 3 is 2.75 bits per heavy atom. The molecule has 0 amide bonds. The lowest BCUT2D eigenvalue weighted by molar-refractivity contribution is 0.106. The monoisotopic (exact) mass is 238 g/mol. The summed E-state index contributed by atoms with van der Waals surface area (Å²) in [7, 11) is -1.30. The van der Waals surface area contributed by atoms with Gasteiger partial charge in [-0.15, -0.1) is 0 Å². The molecule has 5 heteroatoms. The lowest BCUT2D eigenvalue weighted by atomic mass is 10.2. The summed E-state index contributed by atoms with van der Waals surface area (Å²) < 4.78 is 11.9. The van der Waals surface area contributed by atoms with Crippen LogP contribution in [0, 0.1) is 0 Å². The topological polar surface area (TPSA) is 66.0 Å². The summed E-state index contributed by atoms with van der Waals surface area (Å²) in [5.41, 5.74) is 0.701. The molecule has 1 atom stereocenters. The Hall–Kier alpha value is -1.20. The van der Waals surface area contributed by atoms with Crippen LogP contribution >= 0.6 is 0 Å². The third kappa shape index (κ3) is 2.48. The number of benzene rings is 1. The van der Waals surface area contributed by atoms with E-state index in [1.807, 2.05) is 24.3 Å². The van der Waals surface area contributed by atoms with Gasteiger partial charge in [-0.1, -0.05) is 12.1 Å². The van der Waals surface area contributed by atoms with Crippen molar-refractivity contribution in [2.24, 2.45) is 0 Å². The number of H-pyrrole nitrogens is 1. The molecule has 0 saturated heterocycles. The van der Waals surface area contributed by atoms with Gasteiger partial charge >= 0.3 is 0 Å². The first-order chi connectivity index (χ1) is 7.46. The van der Waals surface area contributed by atoms with Crippen LogP contribution in [0.2, 0.25) is 0 Å². The van der Waals surface area contributed by atoms with Gasteiger partial charge in [-0.05, 0) is 26.0 Å². The molecule has 0 spiro atoms. The molecule has 1 unspecified atom stereocenters. The predicted octanol–water partition coefficient (Wildman–Crippen LogP) is 1.44. The van der Waals surface area contributed by atoms with Crippen LogP contribution in [0.25, 0.3) is 11.0 Å². The standard InChI is InChI=1S/C11H14N2O2S/c1-11(2,14)7-16(15)10-12-8-5-3-4-6-9(8)13-10/h3-6,14H,7H2,1-2H3,(H,12,13). The van der Waals surface area contributed by atoms with Gasteiger partial charge in [0.05, 0.1) is 33.2 Å². The second-order valence-corrected chi connectivity index (χ2v) is 5.73. The average Bonchev–Trinajstić information content (AvgIpc) is 2.58. The number of fused-ring (bicyclic) bond motifs is 1. The molecule has 0 saturated carbocycles. The largest absolute Gasteiger partial charge is 0.389 e. The minimum Gasteiger partial charge on any atom is -0.389 e. The highest BCUT2D eigenvalue weighted by Crippen LogP contribution is 2.15. The molecule has 2 aromatic rings. The van der Waals surface area contributed by atoms with E-state index in [1.165, 1.54) is 0 Å². The average molecular weight is 238 g/mol. The van der Waals surface area contributed by atoms with Crippen molar-refractivity contribution in [2.45, 2.75) is 24.6 Å². The van der Waals surface area contributed by atoms with Gasteiger partial charge in [0, 0.05) is 0 Å². The van der Waals surface area contributed by atoms with Gasteiger partial charge in [0.2, 0.25) is 0 Å². The van der Waals surface area contributed by atoms with E-state index in [1.54, 1.807) is 13.8 Å². The van der Waals surface area contributed by atoms with Crippen molar-refractivity contribution in [3.05, 3.63) is 24.3 Å². The molecule has 86 valence electrons. The van der Waals surface area contributed by atoms with Crippen molar-refractivity contribution in [3.63, 3.8) is 0 Å². The lowest BCUT2D eigenvalue weighted by Crippen LogP contribution is -2.27. The Morgan fingerprint density at radius 1 is 1.44 bits per heavy atom. The maximum Gasteiger partial charge on any atom is 0.197 e. The highest BCUT2D eigenvalue weighted by molar-refractivity contribution is 7.84. The minimum absolute atomic E-state index is 0.173. The Labute approximate surface area is 96.2 Å². The second kappa shape index (κ2) is 3.99. The van der Waals surface area contributed by atoms with Crippen LogP contribution in [-0.2, 0) is 10.8 Å². The van der Waals surface area contributed by atoms with E-state index < -0.39 is 16.4 Å². The van der Waals surface area contributed by atoms with E-state index in [2.05, 4.69) is 9.97 Å². The van der Waals surface area contributed by atoms with Gasteiger partial charge in [0.15, 0.2) is 5.16 Å². The van der Waals surface area contributed by atoms with E-state index in [0.29, 0.717) is 5.16 Å². The molecule has 0 fully saturated rings. The van der Waals surface area contributed by atoms with Crippen LogP contribution in [0.15, 0.2) is 29.4 Å². The molecule has 0 bridgehead atoms. The van der Waals surface area contributed by atoms with Gasteiger partial charge in [0.25, 0.3) is 0 Å². The minimum atomic E-state index is -1.30. The molecule has 16 heavy (non-hydrogen) atoms. The van der Waals surface area contributed by atoms with E-state index in [9.17, 15) is 9.32 Å². The quantitative estimate of drug-likeness (QED) is 0.850. The fourth-order valence-corrected chi connectivity index (χ4v) is 2.63. The van der Waals surface area contributed by atoms with Crippen LogP contribution in [0.3, 0.4) is 0 Å². The Balaban J connectivity index is 2.30. The number of hydrogen-bond donors (Lipinski definition) is 2. The highest BCUT2D eigenvalue weighted by atomic mass is 32.2. The smallest absolute Gasteiger partial charge is 0.197 e. The molecule has 0 radical (unpaired) electrons. The number of para-hydroxylation sites is 2. The van der Waals surface area contributed by atoms with Crippen molar-refractivity contribution in [2.75, 3.05) is 5.75 Å². The van der Waals surface area contributed by atoms with Crippen LogP contribution in [0.1, 0.15) is 13.8 Å². The van der Waals surface area contributed by atoms with Crippen molar-refractivity contribution < 1.29 is 9.32 Å². The van der Waals surface area contributed by atoms with Crippen LogP contribution in [0.5, 0.6) is 0 Å². The van der Waals surface area contributed by atoms with E-state index in [4.69, 9.17) is 0 Å².